The molecule has 2 aliphatic rings. The van der Waals surface area contributed by atoms with Gasteiger partial charge in [-0.1, -0.05) is 19.0 Å². The summed E-state index contributed by atoms with van der Waals surface area (Å²) in [5.41, 5.74) is -0.0754. The van der Waals surface area contributed by atoms with Gasteiger partial charge < -0.3 is 14.6 Å². The van der Waals surface area contributed by atoms with Crippen molar-refractivity contribution in [3.05, 3.63) is 11.7 Å². The fourth-order valence-electron chi connectivity index (χ4n) is 2.19. The standard InChI is InChI=1S/C13H21N3O2S2/c1-8-9(2)20-10(5-19-8)12-15-11(18-16-12)4-17-13(3)6-14-7-13/h8-10,14H,4-7H2,1-3H3. The van der Waals surface area contributed by atoms with Gasteiger partial charge in [0.25, 0.3) is 5.89 Å². The number of thioether (sulfide) groups is 2. The number of hydrogen-bond donors (Lipinski definition) is 1. The topological polar surface area (TPSA) is 60.2 Å². The van der Waals surface area contributed by atoms with E-state index in [1.165, 1.54) is 0 Å². The average Bonchev–Trinajstić information content (AvgIpc) is 2.86. The van der Waals surface area contributed by atoms with E-state index in [0.717, 1.165) is 24.7 Å². The maximum atomic E-state index is 5.82. The van der Waals surface area contributed by atoms with Crippen LogP contribution in [0.15, 0.2) is 4.52 Å². The lowest BCUT2D eigenvalue weighted by atomic mass is 10.0. The van der Waals surface area contributed by atoms with E-state index in [2.05, 4.69) is 36.2 Å². The summed E-state index contributed by atoms with van der Waals surface area (Å²) in [4.78, 5) is 4.50. The van der Waals surface area contributed by atoms with Crippen molar-refractivity contribution in [2.45, 2.75) is 48.7 Å². The molecule has 3 rings (SSSR count). The number of hydrogen-bond acceptors (Lipinski definition) is 7. The molecule has 7 heteroatoms. The molecular formula is C13H21N3O2S2. The Kier molecular flexibility index (Phi) is 4.31. The van der Waals surface area contributed by atoms with E-state index in [1.54, 1.807) is 0 Å². The van der Waals surface area contributed by atoms with Crippen LogP contribution in [0.4, 0.5) is 0 Å². The molecule has 3 unspecified atom stereocenters. The molecule has 3 atom stereocenters. The van der Waals surface area contributed by atoms with Crippen LogP contribution in [-0.2, 0) is 11.3 Å². The van der Waals surface area contributed by atoms with Crippen molar-refractivity contribution >= 4 is 23.5 Å². The fraction of sp³-hybridized carbons (Fsp3) is 0.846. The zero-order valence-electron chi connectivity index (χ0n) is 12.1. The van der Waals surface area contributed by atoms with Crippen molar-refractivity contribution in [2.24, 2.45) is 0 Å². The summed E-state index contributed by atoms with van der Waals surface area (Å²) in [7, 11) is 0. The minimum absolute atomic E-state index is 0.0754. The Morgan fingerprint density at radius 2 is 2.20 bits per heavy atom. The third-order valence-electron chi connectivity index (χ3n) is 3.86. The van der Waals surface area contributed by atoms with Gasteiger partial charge in [-0.2, -0.15) is 16.7 Å². The lowest BCUT2D eigenvalue weighted by molar-refractivity contribution is -0.0841. The monoisotopic (exact) mass is 315 g/mol. The van der Waals surface area contributed by atoms with E-state index in [0.29, 0.717) is 28.2 Å². The van der Waals surface area contributed by atoms with Gasteiger partial charge in [-0.3, -0.25) is 0 Å². The second kappa shape index (κ2) is 5.87. The maximum absolute atomic E-state index is 5.82. The highest BCUT2D eigenvalue weighted by Gasteiger charge is 2.33. The summed E-state index contributed by atoms with van der Waals surface area (Å²) >= 11 is 3.93. The van der Waals surface area contributed by atoms with Crippen molar-refractivity contribution in [3.8, 4) is 0 Å². The molecule has 5 nitrogen and oxygen atoms in total. The van der Waals surface area contributed by atoms with Crippen LogP contribution in [0.3, 0.4) is 0 Å². The Balaban J connectivity index is 1.56. The number of rotatable bonds is 4. The van der Waals surface area contributed by atoms with Crippen LogP contribution in [0.5, 0.6) is 0 Å². The zero-order chi connectivity index (χ0) is 14.2. The van der Waals surface area contributed by atoms with E-state index in [9.17, 15) is 0 Å². The predicted octanol–water partition coefficient (Wildman–Crippen LogP) is 2.25. The first kappa shape index (κ1) is 14.7. The Morgan fingerprint density at radius 1 is 1.40 bits per heavy atom. The Hall–Kier alpha value is -0.240. The van der Waals surface area contributed by atoms with Gasteiger partial charge >= 0.3 is 0 Å². The molecule has 2 fully saturated rings. The molecule has 112 valence electrons. The molecule has 0 amide bonds. The van der Waals surface area contributed by atoms with Crippen LogP contribution in [0.2, 0.25) is 0 Å². The first-order valence-electron chi connectivity index (χ1n) is 7.00. The number of nitrogens with one attached hydrogen (secondary N) is 1. The zero-order valence-corrected chi connectivity index (χ0v) is 13.7. The molecule has 0 radical (unpaired) electrons. The molecule has 0 bridgehead atoms. The van der Waals surface area contributed by atoms with Crippen molar-refractivity contribution in [3.63, 3.8) is 0 Å². The lowest BCUT2D eigenvalue weighted by Crippen LogP contribution is -2.58. The van der Waals surface area contributed by atoms with Gasteiger partial charge in [-0.15, -0.1) is 11.8 Å². The molecule has 20 heavy (non-hydrogen) atoms. The van der Waals surface area contributed by atoms with Crippen molar-refractivity contribution in [1.29, 1.82) is 0 Å². The predicted molar refractivity (Wildman–Crippen MR) is 82.1 cm³/mol. The van der Waals surface area contributed by atoms with Crippen molar-refractivity contribution < 1.29 is 9.26 Å². The summed E-state index contributed by atoms with van der Waals surface area (Å²) < 4.78 is 11.1. The quantitative estimate of drug-likeness (QED) is 0.914. The second-order valence-corrected chi connectivity index (χ2v) is 8.75. The highest BCUT2D eigenvalue weighted by molar-refractivity contribution is 8.07. The van der Waals surface area contributed by atoms with Crippen LogP contribution in [0.1, 0.15) is 37.7 Å². The minimum Gasteiger partial charge on any atom is -0.363 e. The molecule has 2 saturated heterocycles. The molecule has 0 saturated carbocycles. The highest BCUT2D eigenvalue weighted by Crippen LogP contribution is 2.43. The van der Waals surface area contributed by atoms with Crippen LogP contribution in [-0.4, -0.2) is 45.1 Å². The lowest BCUT2D eigenvalue weighted by Gasteiger charge is -2.38. The number of aromatic nitrogens is 2. The summed E-state index contributed by atoms with van der Waals surface area (Å²) in [5, 5.41) is 8.99. The average molecular weight is 315 g/mol. The maximum Gasteiger partial charge on any atom is 0.252 e. The largest absolute Gasteiger partial charge is 0.363 e. The summed E-state index contributed by atoms with van der Waals surface area (Å²) in [6, 6.07) is 0. The molecule has 2 aliphatic heterocycles. The van der Waals surface area contributed by atoms with Gasteiger partial charge in [0.05, 0.1) is 10.9 Å². The van der Waals surface area contributed by atoms with Gasteiger partial charge in [-0.25, -0.2) is 0 Å². The first-order valence-corrected chi connectivity index (χ1v) is 8.99. The minimum atomic E-state index is -0.0754. The van der Waals surface area contributed by atoms with Gasteiger partial charge in [0, 0.05) is 29.3 Å². The van der Waals surface area contributed by atoms with Crippen molar-refractivity contribution in [1.82, 2.24) is 15.5 Å². The fourth-order valence-corrected chi connectivity index (χ4v) is 5.03. The molecule has 3 heterocycles. The third-order valence-corrected chi connectivity index (χ3v) is 7.25. The Bertz CT molecular complexity index is 464. The molecular weight excluding hydrogens is 294 g/mol. The van der Waals surface area contributed by atoms with E-state index >= 15 is 0 Å². The SMILES string of the molecule is CC1SCC(c2noc(COC3(C)CNC3)n2)SC1C. The van der Waals surface area contributed by atoms with Gasteiger partial charge in [0.2, 0.25) is 0 Å². The van der Waals surface area contributed by atoms with Crippen LogP contribution >= 0.6 is 23.5 Å². The highest BCUT2D eigenvalue weighted by atomic mass is 32.2. The second-order valence-electron chi connectivity index (χ2n) is 5.76. The van der Waals surface area contributed by atoms with E-state index in [1.807, 2.05) is 23.5 Å². The Labute approximate surface area is 128 Å². The third kappa shape index (κ3) is 3.16. The van der Waals surface area contributed by atoms with Gasteiger partial charge in [0.1, 0.15) is 6.61 Å². The Morgan fingerprint density at radius 3 is 2.85 bits per heavy atom. The van der Waals surface area contributed by atoms with E-state index < -0.39 is 0 Å². The normalized spacial score (nSPS) is 32.9. The van der Waals surface area contributed by atoms with Gasteiger partial charge in [0.15, 0.2) is 5.82 Å². The summed E-state index contributed by atoms with van der Waals surface area (Å²) in [6.45, 7) is 8.82. The number of ether oxygens (including phenoxy) is 1. The van der Waals surface area contributed by atoms with Crippen LogP contribution < -0.4 is 5.32 Å². The molecule has 0 aliphatic carbocycles. The van der Waals surface area contributed by atoms with Crippen molar-refractivity contribution in [2.75, 3.05) is 18.8 Å². The molecule has 1 N–H and O–H groups in total. The van der Waals surface area contributed by atoms with E-state index in [4.69, 9.17) is 9.26 Å². The van der Waals surface area contributed by atoms with Crippen LogP contribution in [0, 0.1) is 0 Å². The molecule has 1 aromatic heterocycles. The molecule has 1 aromatic rings. The molecule has 0 aromatic carbocycles. The summed E-state index contributed by atoms with van der Waals surface area (Å²) in [5.74, 6) is 2.46. The van der Waals surface area contributed by atoms with E-state index in [-0.39, 0.29) is 5.60 Å². The molecule has 0 spiro atoms. The van der Waals surface area contributed by atoms with Crippen LogP contribution in [0.25, 0.3) is 0 Å². The smallest absolute Gasteiger partial charge is 0.252 e. The first-order chi connectivity index (χ1) is 9.56. The van der Waals surface area contributed by atoms with Gasteiger partial charge in [-0.05, 0) is 6.92 Å². The number of nitrogens with zero attached hydrogens (tertiary/aromatic N) is 2. The summed E-state index contributed by atoms with van der Waals surface area (Å²) in [6.07, 6.45) is 0.